The molecule has 1 aromatic heterocycles. The number of hydrogen-bond donors (Lipinski definition) is 1. The summed E-state index contributed by atoms with van der Waals surface area (Å²) in [5.74, 6) is 0. The summed E-state index contributed by atoms with van der Waals surface area (Å²) in [5, 5.41) is 3.33. The van der Waals surface area contributed by atoms with Crippen molar-refractivity contribution < 1.29 is 0 Å². The first-order valence-electron chi connectivity index (χ1n) is 7.23. The molecule has 3 heteroatoms. The number of aromatic nitrogens is 1. The summed E-state index contributed by atoms with van der Waals surface area (Å²) in [6.45, 7) is 9.14. The van der Waals surface area contributed by atoms with E-state index in [-0.39, 0.29) is 0 Å². The minimum absolute atomic E-state index is 0.833. The molecule has 0 saturated carbocycles. The molecule has 2 aromatic rings. The number of benzene rings is 1. The largest absolute Gasteiger partial charge is 0.385 e. The molecule has 2 rings (SSSR count). The maximum Gasteiger partial charge on any atom is 0.0617 e. The van der Waals surface area contributed by atoms with Crippen LogP contribution in [0.25, 0.3) is 0 Å². The van der Waals surface area contributed by atoms with Gasteiger partial charge in [0.05, 0.1) is 12.2 Å². The Hall–Kier alpha value is -2.03. The Labute approximate surface area is 121 Å². The zero-order chi connectivity index (χ0) is 14.4. The van der Waals surface area contributed by atoms with Crippen molar-refractivity contribution in [3.63, 3.8) is 0 Å². The van der Waals surface area contributed by atoms with Crippen LogP contribution in [0.4, 0.5) is 11.4 Å². The van der Waals surface area contributed by atoms with Gasteiger partial charge in [-0.3, -0.25) is 4.98 Å². The van der Waals surface area contributed by atoms with E-state index in [0.29, 0.717) is 0 Å². The molecule has 0 unspecified atom stereocenters. The lowest BCUT2D eigenvalue weighted by molar-refractivity contribution is 0.809. The number of pyridine rings is 1. The zero-order valence-electron chi connectivity index (χ0n) is 12.6. The summed E-state index contributed by atoms with van der Waals surface area (Å²) < 4.78 is 0. The van der Waals surface area contributed by atoms with Crippen molar-refractivity contribution in [1.82, 2.24) is 4.98 Å². The van der Waals surface area contributed by atoms with E-state index in [9.17, 15) is 0 Å². The van der Waals surface area contributed by atoms with Crippen molar-refractivity contribution in [2.75, 3.05) is 23.3 Å². The number of nitrogens with zero attached hydrogens (tertiary/aromatic N) is 2. The molecule has 0 spiro atoms. The summed E-state index contributed by atoms with van der Waals surface area (Å²) in [6.07, 6.45) is 1.87. The van der Waals surface area contributed by atoms with E-state index in [1.165, 1.54) is 11.3 Å². The normalized spacial score (nSPS) is 10.3. The van der Waals surface area contributed by atoms with E-state index in [0.717, 1.165) is 31.0 Å². The number of rotatable bonds is 6. The van der Waals surface area contributed by atoms with Gasteiger partial charge in [0.15, 0.2) is 0 Å². The Morgan fingerprint density at radius 2 is 2.00 bits per heavy atom. The SMILES string of the molecule is CCNc1ccnc(CN(CC)c2cccc(C)c2)c1. The molecule has 0 aliphatic carbocycles. The Kier molecular flexibility index (Phi) is 4.99. The second-order valence-corrected chi connectivity index (χ2v) is 4.92. The molecule has 1 heterocycles. The third-order valence-corrected chi connectivity index (χ3v) is 3.30. The van der Waals surface area contributed by atoms with Crippen LogP contribution in [0.1, 0.15) is 25.1 Å². The van der Waals surface area contributed by atoms with Crippen LogP contribution < -0.4 is 10.2 Å². The topological polar surface area (TPSA) is 28.2 Å². The van der Waals surface area contributed by atoms with Gasteiger partial charge in [-0.2, -0.15) is 0 Å². The molecule has 0 radical (unpaired) electrons. The average molecular weight is 269 g/mol. The van der Waals surface area contributed by atoms with Crippen molar-refractivity contribution in [1.29, 1.82) is 0 Å². The number of aryl methyl sites for hydroxylation is 1. The van der Waals surface area contributed by atoms with Crippen molar-refractivity contribution in [3.05, 3.63) is 53.9 Å². The quantitative estimate of drug-likeness (QED) is 0.863. The van der Waals surface area contributed by atoms with Crippen LogP contribution in [0.3, 0.4) is 0 Å². The lowest BCUT2D eigenvalue weighted by atomic mass is 10.2. The van der Waals surface area contributed by atoms with Gasteiger partial charge < -0.3 is 10.2 Å². The van der Waals surface area contributed by atoms with E-state index < -0.39 is 0 Å². The van der Waals surface area contributed by atoms with Crippen LogP contribution in [0.2, 0.25) is 0 Å². The smallest absolute Gasteiger partial charge is 0.0617 e. The zero-order valence-corrected chi connectivity index (χ0v) is 12.6. The summed E-state index contributed by atoms with van der Waals surface area (Å²) >= 11 is 0. The van der Waals surface area contributed by atoms with Gasteiger partial charge in [0.1, 0.15) is 0 Å². The first-order chi connectivity index (χ1) is 9.72. The Balaban J connectivity index is 2.15. The highest BCUT2D eigenvalue weighted by Crippen LogP contribution is 2.18. The molecule has 0 bridgehead atoms. The highest BCUT2D eigenvalue weighted by molar-refractivity contribution is 5.49. The first-order valence-corrected chi connectivity index (χ1v) is 7.23. The summed E-state index contributed by atoms with van der Waals surface area (Å²) in [7, 11) is 0. The van der Waals surface area contributed by atoms with Crippen molar-refractivity contribution in [2.45, 2.75) is 27.3 Å². The van der Waals surface area contributed by atoms with Crippen LogP contribution in [0, 0.1) is 6.92 Å². The molecule has 3 nitrogen and oxygen atoms in total. The van der Waals surface area contributed by atoms with Gasteiger partial charge in [0.2, 0.25) is 0 Å². The average Bonchev–Trinajstić information content (AvgIpc) is 2.45. The van der Waals surface area contributed by atoms with Crippen LogP contribution in [0.5, 0.6) is 0 Å². The predicted molar refractivity (Wildman–Crippen MR) is 86.3 cm³/mol. The van der Waals surface area contributed by atoms with Crippen LogP contribution in [0.15, 0.2) is 42.6 Å². The molecule has 1 aromatic carbocycles. The molecular weight excluding hydrogens is 246 g/mol. The Bertz CT molecular complexity index is 551. The van der Waals surface area contributed by atoms with Crippen molar-refractivity contribution in [3.8, 4) is 0 Å². The maximum absolute atomic E-state index is 4.48. The van der Waals surface area contributed by atoms with Crippen LogP contribution >= 0.6 is 0 Å². The van der Waals surface area contributed by atoms with Gasteiger partial charge in [-0.1, -0.05) is 12.1 Å². The molecule has 0 atom stereocenters. The molecule has 106 valence electrons. The van der Waals surface area contributed by atoms with E-state index in [1.54, 1.807) is 0 Å². The standard InChI is InChI=1S/C17H23N3/c1-4-18-15-9-10-19-16(12-15)13-20(5-2)17-8-6-7-14(3)11-17/h6-12H,4-5,13H2,1-3H3,(H,18,19). The van der Waals surface area contributed by atoms with E-state index >= 15 is 0 Å². The minimum atomic E-state index is 0.833. The monoisotopic (exact) mass is 269 g/mol. The van der Waals surface area contributed by atoms with Gasteiger partial charge in [-0.15, -0.1) is 0 Å². The van der Waals surface area contributed by atoms with Gasteiger partial charge >= 0.3 is 0 Å². The second-order valence-electron chi connectivity index (χ2n) is 4.92. The fourth-order valence-corrected chi connectivity index (χ4v) is 2.28. The van der Waals surface area contributed by atoms with Crippen molar-refractivity contribution >= 4 is 11.4 Å². The third-order valence-electron chi connectivity index (χ3n) is 3.30. The van der Waals surface area contributed by atoms with E-state index in [1.807, 2.05) is 12.3 Å². The fourth-order valence-electron chi connectivity index (χ4n) is 2.28. The molecule has 0 aliphatic rings. The number of anilines is 2. The minimum Gasteiger partial charge on any atom is -0.385 e. The second kappa shape index (κ2) is 6.94. The van der Waals surface area contributed by atoms with Crippen LogP contribution in [-0.2, 0) is 6.54 Å². The van der Waals surface area contributed by atoms with E-state index in [4.69, 9.17) is 0 Å². The maximum atomic E-state index is 4.48. The molecule has 1 N–H and O–H groups in total. The van der Waals surface area contributed by atoms with Crippen molar-refractivity contribution in [2.24, 2.45) is 0 Å². The fraction of sp³-hybridized carbons (Fsp3) is 0.353. The highest BCUT2D eigenvalue weighted by atomic mass is 15.1. The Morgan fingerprint density at radius 1 is 1.15 bits per heavy atom. The Morgan fingerprint density at radius 3 is 2.70 bits per heavy atom. The van der Waals surface area contributed by atoms with Gasteiger partial charge in [0, 0.05) is 30.7 Å². The van der Waals surface area contributed by atoms with Gasteiger partial charge in [-0.25, -0.2) is 0 Å². The molecule has 0 fully saturated rings. The van der Waals surface area contributed by atoms with Gasteiger partial charge in [0.25, 0.3) is 0 Å². The number of hydrogen-bond acceptors (Lipinski definition) is 3. The van der Waals surface area contributed by atoms with Gasteiger partial charge in [-0.05, 0) is 50.6 Å². The van der Waals surface area contributed by atoms with Crippen LogP contribution in [-0.4, -0.2) is 18.1 Å². The number of nitrogens with one attached hydrogen (secondary N) is 1. The predicted octanol–water partition coefficient (Wildman–Crippen LogP) is 3.85. The molecule has 0 aliphatic heterocycles. The third kappa shape index (κ3) is 3.73. The van der Waals surface area contributed by atoms with E-state index in [2.05, 4.69) is 66.3 Å². The molecule has 0 saturated heterocycles. The molecule has 0 amide bonds. The molecular formula is C17H23N3. The summed E-state index contributed by atoms with van der Waals surface area (Å²) in [5.41, 5.74) is 4.77. The summed E-state index contributed by atoms with van der Waals surface area (Å²) in [4.78, 5) is 6.81. The summed E-state index contributed by atoms with van der Waals surface area (Å²) in [6, 6.07) is 12.7. The lowest BCUT2D eigenvalue weighted by Gasteiger charge is -2.23. The highest BCUT2D eigenvalue weighted by Gasteiger charge is 2.07. The first kappa shape index (κ1) is 14.4. The lowest BCUT2D eigenvalue weighted by Crippen LogP contribution is -2.22. The molecule has 20 heavy (non-hydrogen) atoms.